The number of likely N-dealkylation sites (tertiary alicyclic amines) is 1. The van der Waals surface area contributed by atoms with Crippen LogP contribution in [0, 0.1) is 0 Å². The Hall–Kier alpha value is -0.940. The minimum atomic E-state index is -0.609. The van der Waals surface area contributed by atoms with Crippen LogP contribution in [0.5, 0.6) is 0 Å². The molecule has 0 spiro atoms. The highest BCUT2D eigenvalue weighted by atomic mass is 16.3. The van der Waals surface area contributed by atoms with Gasteiger partial charge in [0.2, 0.25) is 0 Å². The van der Waals surface area contributed by atoms with E-state index in [0.717, 1.165) is 51.3 Å². The summed E-state index contributed by atoms with van der Waals surface area (Å²) in [6.07, 6.45) is 6.16. The van der Waals surface area contributed by atoms with Crippen LogP contribution in [0.2, 0.25) is 0 Å². The maximum absolute atomic E-state index is 10.8. The fourth-order valence-electron chi connectivity index (χ4n) is 2.93. The van der Waals surface area contributed by atoms with Gasteiger partial charge < -0.3 is 10.0 Å². The number of hydrogen-bond donors (Lipinski definition) is 1. The average molecular weight is 266 g/mol. The van der Waals surface area contributed by atoms with Crippen LogP contribution in [0.3, 0.4) is 0 Å². The molecule has 1 aromatic rings. The van der Waals surface area contributed by atoms with Crippen LogP contribution in [-0.2, 0) is 13.0 Å². The molecule has 1 unspecified atom stereocenters. The highest BCUT2D eigenvalue weighted by molar-refractivity contribution is 4.96. The largest absolute Gasteiger partial charge is 0.389 e. The minimum Gasteiger partial charge on any atom is -0.389 e. The zero-order chi connectivity index (χ0) is 13.7. The van der Waals surface area contributed by atoms with E-state index in [2.05, 4.69) is 28.8 Å². The van der Waals surface area contributed by atoms with Crippen LogP contribution in [0.4, 0.5) is 0 Å². The second-order valence-electron chi connectivity index (χ2n) is 5.59. The highest BCUT2D eigenvalue weighted by Gasteiger charge is 2.31. The molecule has 1 fully saturated rings. The van der Waals surface area contributed by atoms with Crippen molar-refractivity contribution in [2.24, 2.45) is 0 Å². The van der Waals surface area contributed by atoms with Gasteiger partial charge in [0.15, 0.2) is 0 Å². The number of aliphatic hydroxyl groups is 1. The van der Waals surface area contributed by atoms with Gasteiger partial charge in [-0.05, 0) is 45.7 Å². The number of rotatable bonds is 5. The number of aryl methyl sites for hydroxylation is 1. The van der Waals surface area contributed by atoms with Gasteiger partial charge in [0, 0.05) is 19.5 Å². The van der Waals surface area contributed by atoms with Crippen molar-refractivity contribution in [2.45, 2.75) is 58.1 Å². The topological polar surface area (TPSA) is 54.2 Å². The van der Waals surface area contributed by atoms with Crippen LogP contribution in [0.15, 0.2) is 6.33 Å². The Bertz CT molecular complexity index is 393. The normalized spacial score (nSPS) is 25.4. The van der Waals surface area contributed by atoms with Crippen LogP contribution in [-0.4, -0.2) is 50.0 Å². The van der Waals surface area contributed by atoms with Crippen molar-refractivity contribution in [1.29, 1.82) is 0 Å². The quantitative estimate of drug-likeness (QED) is 0.877. The number of nitrogens with zero attached hydrogens (tertiary/aromatic N) is 4. The van der Waals surface area contributed by atoms with Gasteiger partial charge in [0.1, 0.15) is 12.2 Å². The smallest absolute Gasteiger partial charge is 0.138 e. The molecule has 1 saturated heterocycles. The van der Waals surface area contributed by atoms with Crippen LogP contribution in [0.25, 0.3) is 0 Å². The molecule has 0 amide bonds. The van der Waals surface area contributed by atoms with Gasteiger partial charge in [-0.25, -0.2) is 4.98 Å². The van der Waals surface area contributed by atoms with E-state index < -0.39 is 5.60 Å². The van der Waals surface area contributed by atoms with Crippen molar-refractivity contribution >= 4 is 0 Å². The van der Waals surface area contributed by atoms with Gasteiger partial charge in [0.25, 0.3) is 0 Å². The molecule has 1 aromatic heterocycles. The van der Waals surface area contributed by atoms with Crippen LogP contribution >= 0.6 is 0 Å². The van der Waals surface area contributed by atoms with Crippen molar-refractivity contribution in [3.8, 4) is 0 Å². The third-order valence-corrected chi connectivity index (χ3v) is 4.03. The second-order valence-corrected chi connectivity index (χ2v) is 5.59. The molecule has 1 aliphatic heterocycles. The summed E-state index contributed by atoms with van der Waals surface area (Å²) in [5.41, 5.74) is -0.609. The lowest BCUT2D eigenvalue weighted by molar-refractivity contribution is 0.0229. The molecule has 0 bridgehead atoms. The van der Waals surface area contributed by atoms with Crippen molar-refractivity contribution in [3.63, 3.8) is 0 Å². The molecule has 2 rings (SSSR count). The molecule has 0 aliphatic carbocycles. The number of hydrogen-bond acceptors (Lipinski definition) is 4. The molecule has 0 saturated carbocycles. The first kappa shape index (κ1) is 14.5. The molecule has 1 N–H and O–H groups in total. The predicted octanol–water partition coefficient (Wildman–Crippen LogP) is 1.47. The maximum Gasteiger partial charge on any atom is 0.138 e. The molecule has 2 heterocycles. The van der Waals surface area contributed by atoms with E-state index >= 15 is 0 Å². The first-order chi connectivity index (χ1) is 9.17. The van der Waals surface area contributed by atoms with Crippen molar-refractivity contribution in [3.05, 3.63) is 12.2 Å². The Labute approximate surface area is 115 Å². The molecule has 5 heteroatoms. The summed E-state index contributed by atoms with van der Waals surface area (Å²) in [5, 5.41) is 15.0. The standard InChI is InChI=1S/C14H26N4O/c1-3-8-17-9-5-6-14(19,7-10-17)11-13-15-12-16-18(13)4-2/h12,19H,3-11H2,1-2H3. The fraction of sp³-hybridized carbons (Fsp3) is 0.857. The summed E-state index contributed by atoms with van der Waals surface area (Å²) in [6.45, 7) is 8.31. The molecule has 5 nitrogen and oxygen atoms in total. The van der Waals surface area contributed by atoms with Gasteiger partial charge in [-0.1, -0.05) is 6.92 Å². The third-order valence-electron chi connectivity index (χ3n) is 4.03. The summed E-state index contributed by atoms with van der Waals surface area (Å²) in [5.74, 6) is 0.911. The lowest BCUT2D eigenvalue weighted by Crippen LogP contribution is -2.34. The first-order valence-electron chi connectivity index (χ1n) is 7.48. The first-order valence-corrected chi connectivity index (χ1v) is 7.48. The van der Waals surface area contributed by atoms with Crippen molar-refractivity contribution < 1.29 is 5.11 Å². The summed E-state index contributed by atoms with van der Waals surface area (Å²) >= 11 is 0. The molecule has 1 aliphatic rings. The molecule has 0 aromatic carbocycles. The summed E-state index contributed by atoms with van der Waals surface area (Å²) in [4.78, 5) is 6.75. The highest BCUT2D eigenvalue weighted by Crippen LogP contribution is 2.25. The second kappa shape index (κ2) is 6.48. The number of aromatic nitrogens is 3. The van der Waals surface area contributed by atoms with Gasteiger partial charge >= 0.3 is 0 Å². The van der Waals surface area contributed by atoms with Gasteiger partial charge in [-0.15, -0.1) is 0 Å². The average Bonchev–Trinajstić information content (AvgIpc) is 2.74. The van der Waals surface area contributed by atoms with Gasteiger partial charge in [0.05, 0.1) is 5.60 Å². The SMILES string of the molecule is CCCN1CCCC(O)(Cc2ncnn2CC)CC1. The molecular weight excluding hydrogens is 240 g/mol. The van der Waals surface area contributed by atoms with E-state index in [4.69, 9.17) is 0 Å². The lowest BCUT2D eigenvalue weighted by Gasteiger charge is -2.26. The van der Waals surface area contributed by atoms with E-state index in [1.165, 1.54) is 6.42 Å². The molecule has 19 heavy (non-hydrogen) atoms. The van der Waals surface area contributed by atoms with Crippen molar-refractivity contribution in [2.75, 3.05) is 19.6 Å². The predicted molar refractivity (Wildman–Crippen MR) is 74.9 cm³/mol. The maximum atomic E-state index is 10.8. The molecule has 0 radical (unpaired) electrons. The van der Waals surface area contributed by atoms with Crippen LogP contribution < -0.4 is 0 Å². The molecular formula is C14H26N4O. The zero-order valence-corrected chi connectivity index (χ0v) is 12.2. The Morgan fingerprint density at radius 1 is 1.32 bits per heavy atom. The Balaban J connectivity index is 1.98. The van der Waals surface area contributed by atoms with E-state index in [0.29, 0.717) is 6.42 Å². The van der Waals surface area contributed by atoms with E-state index in [1.54, 1.807) is 6.33 Å². The Kier molecular flexibility index (Phi) is 4.93. The van der Waals surface area contributed by atoms with Gasteiger partial charge in [-0.3, -0.25) is 4.68 Å². The van der Waals surface area contributed by atoms with E-state index in [1.807, 2.05) is 4.68 Å². The Morgan fingerprint density at radius 3 is 2.89 bits per heavy atom. The molecule has 1 atom stereocenters. The minimum absolute atomic E-state index is 0.609. The summed E-state index contributed by atoms with van der Waals surface area (Å²) in [6, 6.07) is 0. The van der Waals surface area contributed by atoms with E-state index in [9.17, 15) is 5.11 Å². The van der Waals surface area contributed by atoms with Crippen LogP contribution in [0.1, 0.15) is 45.4 Å². The lowest BCUT2D eigenvalue weighted by atomic mass is 9.91. The summed E-state index contributed by atoms with van der Waals surface area (Å²) < 4.78 is 1.88. The van der Waals surface area contributed by atoms with Gasteiger partial charge in [-0.2, -0.15) is 5.10 Å². The monoisotopic (exact) mass is 266 g/mol. The Morgan fingerprint density at radius 2 is 2.16 bits per heavy atom. The zero-order valence-electron chi connectivity index (χ0n) is 12.2. The molecule has 108 valence electrons. The third kappa shape index (κ3) is 3.76. The van der Waals surface area contributed by atoms with Crippen molar-refractivity contribution in [1.82, 2.24) is 19.7 Å². The summed E-state index contributed by atoms with van der Waals surface area (Å²) in [7, 11) is 0. The fourth-order valence-corrected chi connectivity index (χ4v) is 2.93. The van der Waals surface area contributed by atoms with E-state index in [-0.39, 0.29) is 0 Å².